The van der Waals surface area contributed by atoms with Crippen LogP contribution in [0.4, 0.5) is 17.1 Å². The molecule has 0 bridgehead atoms. The van der Waals surface area contributed by atoms with E-state index in [1.54, 1.807) is 0 Å². The maximum atomic E-state index is 6.32. The third-order valence-corrected chi connectivity index (χ3v) is 10.5. The molecule has 1 heterocycles. The van der Waals surface area contributed by atoms with Crippen LogP contribution in [0.25, 0.3) is 22.3 Å². The zero-order valence-corrected chi connectivity index (χ0v) is 25.8. The third-order valence-electron chi connectivity index (χ3n) is 10.5. The molecule has 1 aliphatic heterocycles. The molecule has 0 amide bonds. The highest BCUT2D eigenvalue weighted by molar-refractivity contribution is 5.87. The van der Waals surface area contributed by atoms with Crippen molar-refractivity contribution in [1.29, 1.82) is 0 Å². The molecule has 47 heavy (non-hydrogen) atoms. The molecule has 0 spiro atoms. The van der Waals surface area contributed by atoms with Gasteiger partial charge >= 0.3 is 0 Å². The molecule has 0 atom stereocenters. The summed E-state index contributed by atoms with van der Waals surface area (Å²) in [4.78, 5) is 2.33. The van der Waals surface area contributed by atoms with Crippen LogP contribution >= 0.6 is 0 Å². The van der Waals surface area contributed by atoms with Gasteiger partial charge in [-0.2, -0.15) is 0 Å². The molecule has 7 aromatic carbocycles. The van der Waals surface area contributed by atoms with Gasteiger partial charge in [0.25, 0.3) is 0 Å². The van der Waals surface area contributed by atoms with Crippen molar-refractivity contribution < 1.29 is 4.74 Å². The quantitative estimate of drug-likeness (QED) is 0.199. The van der Waals surface area contributed by atoms with E-state index in [1.807, 2.05) is 24.3 Å². The zero-order chi connectivity index (χ0) is 30.9. The minimum absolute atomic E-state index is 0.183. The van der Waals surface area contributed by atoms with Crippen molar-refractivity contribution in [3.05, 3.63) is 198 Å². The highest BCUT2D eigenvalue weighted by Crippen LogP contribution is 2.60. The normalized spacial score (nSPS) is 14.1. The molecule has 10 rings (SSSR count). The van der Waals surface area contributed by atoms with E-state index in [-0.39, 0.29) is 17.8 Å². The molecule has 2 aliphatic carbocycles. The first-order chi connectivity index (χ1) is 23.3. The van der Waals surface area contributed by atoms with Gasteiger partial charge in [0.05, 0.1) is 11.4 Å². The first-order valence-electron chi connectivity index (χ1n) is 16.5. The fourth-order valence-electron chi connectivity index (χ4n) is 8.57. The van der Waals surface area contributed by atoms with E-state index < -0.39 is 0 Å². The van der Waals surface area contributed by atoms with E-state index in [9.17, 15) is 0 Å². The van der Waals surface area contributed by atoms with E-state index in [4.69, 9.17) is 4.74 Å². The topological polar surface area (TPSA) is 12.5 Å². The molecule has 0 unspecified atom stereocenters. The lowest BCUT2D eigenvalue weighted by molar-refractivity contribution is 0.477. The monoisotopic (exact) mass is 601 g/mol. The zero-order valence-electron chi connectivity index (χ0n) is 25.8. The first kappa shape index (κ1) is 26.4. The number of para-hydroxylation sites is 4. The summed E-state index contributed by atoms with van der Waals surface area (Å²) < 4.78 is 6.32. The highest BCUT2D eigenvalue weighted by atomic mass is 16.5. The maximum Gasteiger partial charge on any atom is 0.151 e. The van der Waals surface area contributed by atoms with Crippen molar-refractivity contribution in [3.8, 4) is 33.8 Å². The van der Waals surface area contributed by atoms with Crippen LogP contribution in [0, 0.1) is 0 Å². The molecule has 0 aromatic heterocycles. The van der Waals surface area contributed by atoms with Gasteiger partial charge in [0.15, 0.2) is 11.5 Å². The van der Waals surface area contributed by atoms with Gasteiger partial charge in [-0.25, -0.2) is 0 Å². The maximum absolute atomic E-state index is 6.32. The Kier molecular flexibility index (Phi) is 5.80. The first-order valence-corrected chi connectivity index (χ1v) is 16.5. The second kappa shape index (κ2) is 10.3. The van der Waals surface area contributed by atoms with E-state index in [1.165, 1.54) is 50.1 Å². The van der Waals surface area contributed by atoms with E-state index >= 15 is 0 Å². The van der Waals surface area contributed by atoms with Gasteiger partial charge in [-0.3, -0.25) is 0 Å². The van der Waals surface area contributed by atoms with Gasteiger partial charge < -0.3 is 9.64 Å². The van der Waals surface area contributed by atoms with Gasteiger partial charge in [0.1, 0.15) is 0 Å². The Labute approximate surface area is 275 Å². The Bertz CT molecular complexity index is 2090. The SMILES string of the molecule is c1ccc2c(c1)Oc1ccccc1N2c1ccc(C(C2c3ccccc3-c3ccccc32)C2c3ccccc3-c3ccccc32)cc1. The summed E-state index contributed by atoms with van der Waals surface area (Å²) in [5.74, 6) is 2.34. The minimum Gasteiger partial charge on any atom is -0.453 e. The van der Waals surface area contributed by atoms with Crippen molar-refractivity contribution in [3.63, 3.8) is 0 Å². The molecule has 3 aliphatic rings. The minimum atomic E-state index is 0.183. The number of hydrogen-bond acceptors (Lipinski definition) is 2. The second-order valence-corrected chi connectivity index (χ2v) is 12.8. The van der Waals surface area contributed by atoms with Crippen LogP contribution < -0.4 is 9.64 Å². The van der Waals surface area contributed by atoms with E-state index in [2.05, 4.69) is 150 Å². The molecule has 0 N–H and O–H groups in total. The largest absolute Gasteiger partial charge is 0.453 e. The van der Waals surface area contributed by atoms with Crippen LogP contribution in [0.1, 0.15) is 45.6 Å². The molecule has 0 saturated heterocycles. The molecular formula is C45H31NO. The van der Waals surface area contributed by atoms with Crippen LogP contribution in [0.5, 0.6) is 11.5 Å². The fourth-order valence-corrected chi connectivity index (χ4v) is 8.57. The number of ether oxygens (including phenoxy) is 1. The average molecular weight is 602 g/mol. The molecular weight excluding hydrogens is 571 g/mol. The lowest BCUT2D eigenvalue weighted by Crippen LogP contribution is -2.19. The summed E-state index contributed by atoms with van der Waals surface area (Å²) in [6.45, 7) is 0. The molecule has 2 heteroatoms. The van der Waals surface area contributed by atoms with Gasteiger partial charge in [-0.05, 0) is 86.5 Å². The Morgan fingerprint density at radius 1 is 0.383 bits per heavy atom. The van der Waals surface area contributed by atoms with Crippen molar-refractivity contribution in [2.75, 3.05) is 4.90 Å². The molecule has 0 saturated carbocycles. The van der Waals surface area contributed by atoms with Crippen molar-refractivity contribution >= 4 is 17.1 Å². The summed E-state index contributed by atoms with van der Waals surface area (Å²) >= 11 is 0. The number of fused-ring (bicyclic) bond motifs is 8. The smallest absolute Gasteiger partial charge is 0.151 e. The van der Waals surface area contributed by atoms with Crippen molar-refractivity contribution in [1.82, 2.24) is 0 Å². The second-order valence-electron chi connectivity index (χ2n) is 12.8. The third kappa shape index (κ3) is 3.91. The number of anilines is 3. The van der Waals surface area contributed by atoms with Gasteiger partial charge in [-0.1, -0.05) is 133 Å². The molecule has 7 aromatic rings. The average Bonchev–Trinajstić information content (AvgIpc) is 3.65. The standard InChI is InChI=1S/C45H31NO/c1-5-17-35-31(13-1)32-14-2-6-18-36(32)44(35)43(45-37-19-7-3-15-33(37)34-16-4-8-20-38(34)45)29-25-27-30(28-26-29)46-39-21-9-11-23-41(39)47-42-24-12-10-22-40(42)46/h1-28,43-45H. The van der Waals surface area contributed by atoms with Gasteiger partial charge in [-0.15, -0.1) is 0 Å². The lowest BCUT2D eigenvalue weighted by Gasteiger charge is -2.35. The van der Waals surface area contributed by atoms with Crippen molar-refractivity contribution in [2.45, 2.75) is 17.8 Å². The Morgan fingerprint density at radius 2 is 0.745 bits per heavy atom. The van der Waals surface area contributed by atoms with Crippen LogP contribution in [-0.2, 0) is 0 Å². The number of hydrogen-bond donors (Lipinski definition) is 0. The van der Waals surface area contributed by atoms with Crippen LogP contribution in [0.3, 0.4) is 0 Å². The van der Waals surface area contributed by atoms with E-state index in [0.717, 1.165) is 28.6 Å². The predicted octanol–water partition coefficient (Wildman–Crippen LogP) is 12.0. The van der Waals surface area contributed by atoms with Crippen LogP contribution in [0.2, 0.25) is 0 Å². The van der Waals surface area contributed by atoms with Crippen molar-refractivity contribution in [2.24, 2.45) is 0 Å². The molecule has 0 fully saturated rings. The summed E-state index contributed by atoms with van der Waals surface area (Å²) in [6.07, 6.45) is 0. The summed E-state index contributed by atoms with van der Waals surface area (Å²) in [6, 6.07) is 62.2. The number of benzene rings is 7. The Morgan fingerprint density at radius 3 is 1.17 bits per heavy atom. The molecule has 222 valence electrons. The molecule has 0 radical (unpaired) electrons. The molecule has 2 nitrogen and oxygen atoms in total. The number of nitrogens with zero attached hydrogens (tertiary/aromatic N) is 1. The Balaban J connectivity index is 1.18. The van der Waals surface area contributed by atoms with Crippen LogP contribution in [0.15, 0.2) is 170 Å². The van der Waals surface area contributed by atoms with Crippen LogP contribution in [-0.4, -0.2) is 0 Å². The Hall–Kier alpha value is -5.86. The summed E-state index contributed by atoms with van der Waals surface area (Å²) in [7, 11) is 0. The highest BCUT2D eigenvalue weighted by Gasteiger charge is 2.43. The lowest BCUT2D eigenvalue weighted by atomic mass is 9.69. The fraction of sp³-hybridized carbons (Fsp3) is 0.0667. The van der Waals surface area contributed by atoms with E-state index in [0.29, 0.717) is 0 Å². The van der Waals surface area contributed by atoms with Gasteiger partial charge in [0, 0.05) is 23.4 Å². The predicted molar refractivity (Wildman–Crippen MR) is 191 cm³/mol. The summed E-state index contributed by atoms with van der Waals surface area (Å²) in [5.41, 5.74) is 15.7. The number of rotatable bonds is 4. The summed E-state index contributed by atoms with van der Waals surface area (Å²) in [5, 5.41) is 0. The van der Waals surface area contributed by atoms with Gasteiger partial charge in [0.2, 0.25) is 0 Å².